The average molecular weight is 399 g/mol. The molecule has 8 heteroatoms. The largest absolute Gasteiger partial charge is 0.391 e. The van der Waals surface area contributed by atoms with Crippen molar-refractivity contribution in [1.82, 2.24) is 9.29 Å². The van der Waals surface area contributed by atoms with Crippen molar-refractivity contribution in [3.63, 3.8) is 0 Å². The predicted octanol–water partition coefficient (Wildman–Crippen LogP) is 1.72. The number of hydrogen-bond donors (Lipinski definition) is 2. The Morgan fingerprint density at radius 1 is 1.14 bits per heavy atom. The number of pyridine rings is 1. The lowest BCUT2D eigenvalue weighted by atomic mass is 9.88. The van der Waals surface area contributed by atoms with E-state index in [4.69, 9.17) is 0 Å². The van der Waals surface area contributed by atoms with Crippen LogP contribution in [-0.2, 0) is 10.0 Å². The number of fused-ring (bicyclic) bond motifs is 1. The smallest absolute Gasteiger partial charge is 0.274 e. The Kier molecular flexibility index (Phi) is 4.04. The highest BCUT2D eigenvalue weighted by molar-refractivity contribution is 7.89. The van der Waals surface area contributed by atoms with Crippen LogP contribution < -0.4 is 5.32 Å². The van der Waals surface area contributed by atoms with Crippen molar-refractivity contribution in [3.8, 4) is 0 Å². The van der Waals surface area contributed by atoms with Gasteiger partial charge in [-0.3, -0.25) is 9.78 Å². The Bertz CT molecular complexity index is 1020. The molecule has 0 spiro atoms. The number of nitrogens with zero attached hydrogens (tertiary/aromatic N) is 2. The van der Waals surface area contributed by atoms with Crippen LogP contribution in [0.3, 0.4) is 0 Å². The maximum atomic E-state index is 13.3. The molecule has 1 saturated heterocycles. The molecule has 3 aliphatic rings. The van der Waals surface area contributed by atoms with Crippen molar-refractivity contribution in [2.24, 2.45) is 17.8 Å². The molecular formula is C20H21N3O4S. The molecule has 2 aliphatic carbocycles. The zero-order valence-corrected chi connectivity index (χ0v) is 15.9. The van der Waals surface area contributed by atoms with E-state index in [1.165, 1.54) is 22.6 Å². The van der Waals surface area contributed by atoms with E-state index in [0.717, 1.165) is 12.8 Å². The Hall–Kier alpha value is -2.29. The Labute approximate surface area is 163 Å². The fraction of sp³-hybridized carbons (Fsp3) is 0.400. The van der Waals surface area contributed by atoms with E-state index in [9.17, 15) is 18.3 Å². The molecule has 2 bridgehead atoms. The summed E-state index contributed by atoms with van der Waals surface area (Å²) in [6.07, 6.45) is 2.78. The monoisotopic (exact) mass is 399 g/mol. The number of benzene rings is 1. The van der Waals surface area contributed by atoms with Crippen molar-refractivity contribution in [2.75, 3.05) is 11.9 Å². The van der Waals surface area contributed by atoms with Gasteiger partial charge in [0.05, 0.1) is 17.0 Å². The molecule has 2 saturated carbocycles. The van der Waals surface area contributed by atoms with Gasteiger partial charge >= 0.3 is 0 Å². The van der Waals surface area contributed by atoms with Gasteiger partial charge in [0.15, 0.2) is 0 Å². The topological polar surface area (TPSA) is 99.6 Å². The van der Waals surface area contributed by atoms with Gasteiger partial charge in [-0.25, -0.2) is 8.42 Å². The molecular weight excluding hydrogens is 378 g/mol. The molecule has 1 aromatic carbocycles. The second kappa shape index (κ2) is 6.37. The molecule has 3 fully saturated rings. The summed E-state index contributed by atoms with van der Waals surface area (Å²) in [5, 5.41) is 13.2. The lowest BCUT2D eigenvalue weighted by Crippen LogP contribution is -2.43. The lowest BCUT2D eigenvalue weighted by Gasteiger charge is -2.28. The first-order valence-corrected chi connectivity index (χ1v) is 10.9. The van der Waals surface area contributed by atoms with E-state index in [1.54, 1.807) is 30.3 Å². The maximum absolute atomic E-state index is 13.3. The number of carbonyl (C=O) groups excluding carboxylic acids is 1. The van der Waals surface area contributed by atoms with Crippen molar-refractivity contribution < 1.29 is 18.3 Å². The normalized spacial score (nSPS) is 31.2. The minimum Gasteiger partial charge on any atom is -0.391 e. The van der Waals surface area contributed by atoms with Gasteiger partial charge in [0.25, 0.3) is 5.91 Å². The van der Waals surface area contributed by atoms with Crippen molar-refractivity contribution in [2.45, 2.75) is 29.9 Å². The number of aliphatic hydroxyl groups is 1. The number of aliphatic hydroxyl groups excluding tert-OH is 1. The molecule has 0 radical (unpaired) electrons. The first-order valence-electron chi connectivity index (χ1n) is 9.47. The first-order chi connectivity index (χ1) is 13.4. The fourth-order valence-electron chi connectivity index (χ4n) is 5.20. The summed E-state index contributed by atoms with van der Waals surface area (Å²) in [6.45, 7) is 0.468. The highest BCUT2D eigenvalue weighted by Crippen LogP contribution is 2.56. The molecule has 2 N–H and O–H groups in total. The van der Waals surface area contributed by atoms with E-state index in [-0.39, 0.29) is 28.5 Å². The van der Waals surface area contributed by atoms with Gasteiger partial charge in [0.1, 0.15) is 5.69 Å². The second-order valence-electron chi connectivity index (χ2n) is 7.91. The molecule has 146 valence electrons. The number of hydrogen-bond acceptors (Lipinski definition) is 5. The third-order valence-corrected chi connectivity index (χ3v) is 8.26. The van der Waals surface area contributed by atoms with Gasteiger partial charge < -0.3 is 10.4 Å². The zero-order valence-electron chi connectivity index (χ0n) is 15.1. The summed E-state index contributed by atoms with van der Waals surface area (Å²) < 4.78 is 28.1. The van der Waals surface area contributed by atoms with Crippen LogP contribution in [0.15, 0.2) is 53.6 Å². The fourth-order valence-corrected chi connectivity index (χ4v) is 6.98. The van der Waals surface area contributed by atoms with Crippen LogP contribution in [0.25, 0.3) is 0 Å². The minimum atomic E-state index is -3.75. The van der Waals surface area contributed by atoms with E-state index in [0.29, 0.717) is 18.2 Å². The van der Waals surface area contributed by atoms with Gasteiger partial charge in [-0.05, 0) is 60.9 Å². The predicted molar refractivity (Wildman–Crippen MR) is 102 cm³/mol. The minimum absolute atomic E-state index is 0.128. The number of aromatic nitrogens is 1. The van der Waals surface area contributed by atoms with Crippen molar-refractivity contribution >= 4 is 21.6 Å². The SMILES string of the molecule is O=C(Nc1cccc(S(=O)(=O)N2C[C@@H]3C[C@H]4C[C@H]3[C@H]2[C@H]4O)c1)c1ccccn1. The van der Waals surface area contributed by atoms with Crippen LogP contribution in [0, 0.1) is 17.8 Å². The maximum Gasteiger partial charge on any atom is 0.274 e. The van der Waals surface area contributed by atoms with Gasteiger partial charge in [-0.1, -0.05) is 12.1 Å². The molecule has 1 aliphatic heterocycles. The molecule has 2 heterocycles. The number of anilines is 1. The van der Waals surface area contributed by atoms with Gasteiger partial charge in [-0.15, -0.1) is 0 Å². The zero-order chi connectivity index (χ0) is 19.5. The number of nitrogens with one attached hydrogen (secondary N) is 1. The molecule has 1 aromatic heterocycles. The Morgan fingerprint density at radius 3 is 2.75 bits per heavy atom. The molecule has 1 amide bonds. The quantitative estimate of drug-likeness (QED) is 0.816. The third-order valence-electron chi connectivity index (χ3n) is 6.40. The lowest BCUT2D eigenvalue weighted by molar-refractivity contribution is 0.0731. The van der Waals surface area contributed by atoms with Crippen LogP contribution >= 0.6 is 0 Å². The first kappa shape index (κ1) is 17.8. The van der Waals surface area contributed by atoms with E-state index in [1.807, 2.05) is 0 Å². The van der Waals surface area contributed by atoms with Crippen molar-refractivity contribution in [1.29, 1.82) is 0 Å². The molecule has 5 atom stereocenters. The van der Waals surface area contributed by atoms with E-state index >= 15 is 0 Å². The van der Waals surface area contributed by atoms with Crippen LogP contribution in [-0.4, -0.2) is 47.4 Å². The number of sulfonamides is 1. The Morgan fingerprint density at radius 2 is 2.00 bits per heavy atom. The summed E-state index contributed by atoms with van der Waals surface area (Å²) in [7, 11) is -3.75. The van der Waals surface area contributed by atoms with Gasteiger partial charge in [0, 0.05) is 18.4 Å². The van der Waals surface area contributed by atoms with Crippen LogP contribution in [0.2, 0.25) is 0 Å². The van der Waals surface area contributed by atoms with Crippen LogP contribution in [0.1, 0.15) is 23.3 Å². The molecule has 0 unspecified atom stereocenters. The van der Waals surface area contributed by atoms with Crippen molar-refractivity contribution in [3.05, 3.63) is 54.4 Å². The average Bonchev–Trinajstić information content (AvgIpc) is 3.32. The molecule has 2 aromatic rings. The number of carbonyl (C=O) groups is 1. The van der Waals surface area contributed by atoms with Gasteiger partial charge in [0.2, 0.25) is 10.0 Å². The van der Waals surface area contributed by atoms with Gasteiger partial charge in [-0.2, -0.15) is 4.31 Å². The highest BCUT2D eigenvalue weighted by Gasteiger charge is 2.61. The number of amides is 1. The summed E-state index contributed by atoms with van der Waals surface area (Å²) in [5.41, 5.74) is 0.649. The molecule has 7 nitrogen and oxygen atoms in total. The summed E-state index contributed by atoms with van der Waals surface area (Å²) in [5.74, 6) is 0.439. The summed E-state index contributed by atoms with van der Waals surface area (Å²) in [6, 6.07) is 11.0. The van der Waals surface area contributed by atoms with Crippen LogP contribution in [0.4, 0.5) is 5.69 Å². The Balaban J connectivity index is 1.41. The highest BCUT2D eigenvalue weighted by atomic mass is 32.2. The standard InChI is InChI=1S/C20H21N3O4S/c24-19-12-8-13-11-23(18(19)16(13)9-12)28(26,27)15-5-3-4-14(10-15)22-20(25)17-6-1-2-7-21-17/h1-7,10,12-13,16,18-19,24H,8-9,11H2,(H,22,25)/t12-,13-,16+,18-,19-/m0/s1. The summed E-state index contributed by atoms with van der Waals surface area (Å²) >= 11 is 0. The molecule has 5 rings (SSSR count). The summed E-state index contributed by atoms with van der Waals surface area (Å²) in [4.78, 5) is 16.4. The van der Waals surface area contributed by atoms with Crippen LogP contribution in [0.5, 0.6) is 0 Å². The second-order valence-corrected chi connectivity index (χ2v) is 9.80. The number of rotatable bonds is 4. The molecule has 28 heavy (non-hydrogen) atoms. The van der Waals surface area contributed by atoms with E-state index in [2.05, 4.69) is 10.3 Å². The third kappa shape index (κ3) is 2.67. The van der Waals surface area contributed by atoms with E-state index < -0.39 is 22.0 Å².